The van der Waals surface area contributed by atoms with E-state index >= 15 is 0 Å². The lowest BCUT2D eigenvalue weighted by molar-refractivity contribution is -0.00791. The van der Waals surface area contributed by atoms with E-state index in [2.05, 4.69) is 31.2 Å². The van der Waals surface area contributed by atoms with E-state index in [-0.39, 0.29) is 12.2 Å². The Morgan fingerprint density at radius 1 is 1.05 bits per heavy atom. The van der Waals surface area contributed by atoms with E-state index < -0.39 is 0 Å². The quantitative estimate of drug-likeness (QED) is 0.886. The number of aliphatic hydroxyl groups is 1. The van der Waals surface area contributed by atoms with Crippen molar-refractivity contribution in [1.82, 2.24) is 0 Å². The van der Waals surface area contributed by atoms with Crippen molar-refractivity contribution in [3.05, 3.63) is 42.5 Å². The summed E-state index contributed by atoms with van der Waals surface area (Å²) in [7, 11) is 0. The van der Waals surface area contributed by atoms with Gasteiger partial charge >= 0.3 is 0 Å². The highest BCUT2D eigenvalue weighted by Gasteiger charge is 2.28. The van der Waals surface area contributed by atoms with Gasteiger partial charge in [0, 0.05) is 0 Å². The molecule has 0 saturated heterocycles. The molecule has 2 aromatic carbocycles. The van der Waals surface area contributed by atoms with Crippen LogP contribution in [0.15, 0.2) is 42.5 Å². The Morgan fingerprint density at radius 2 is 1.84 bits per heavy atom. The first-order valence-electron chi connectivity index (χ1n) is 7.06. The van der Waals surface area contributed by atoms with E-state index in [0.29, 0.717) is 5.92 Å². The summed E-state index contributed by atoms with van der Waals surface area (Å²) in [5, 5.41) is 12.5. The minimum absolute atomic E-state index is 0.0580. The average Bonchev–Trinajstić information content (AvgIpc) is 2.42. The second kappa shape index (κ2) is 5.22. The van der Waals surface area contributed by atoms with Crippen LogP contribution in [0.4, 0.5) is 0 Å². The number of rotatable bonds is 2. The molecule has 0 amide bonds. The summed E-state index contributed by atoms with van der Waals surface area (Å²) in [5.74, 6) is 1.46. The van der Waals surface area contributed by atoms with Gasteiger partial charge in [-0.1, -0.05) is 37.3 Å². The molecular weight excluding hydrogens is 236 g/mol. The van der Waals surface area contributed by atoms with Gasteiger partial charge in [0.15, 0.2) is 0 Å². The van der Waals surface area contributed by atoms with Gasteiger partial charge in [0.25, 0.3) is 0 Å². The second-order valence-electron chi connectivity index (χ2n) is 5.65. The first kappa shape index (κ1) is 12.5. The average molecular weight is 256 g/mol. The minimum atomic E-state index is -0.338. The minimum Gasteiger partial charge on any atom is -0.488 e. The summed E-state index contributed by atoms with van der Waals surface area (Å²) in [4.78, 5) is 0. The van der Waals surface area contributed by atoms with E-state index in [4.69, 9.17) is 4.74 Å². The number of aliphatic hydroxyl groups excluding tert-OH is 1. The van der Waals surface area contributed by atoms with Crippen LogP contribution in [-0.4, -0.2) is 17.3 Å². The van der Waals surface area contributed by atoms with Gasteiger partial charge in [-0.3, -0.25) is 0 Å². The van der Waals surface area contributed by atoms with Crippen molar-refractivity contribution in [3.8, 4) is 5.75 Å². The van der Waals surface area contributed by atoms with Crippen molar-refractivity contribution in [3.63, 3.8) is 0 Å². The van der Waals surface area contributed by atoms with Gasteiger partial charge in [0.05, 0.1) is 6.10 Å². The third kappa shape index (κ3) is 2.74. The lowest BCUT2D eigenvalue weighted by Crippen LogP contribution is -2.37. The predicted octanol–water partition coefficient (Wildman–Crippen LogP) is 3.77. The molecule has 0 aromatic heterocycles. The van der Waals surface area contributed by atoms with E-state index in [0.717, 1.165) is 25.0 Å². The predicted molar refractivity (Wildman–Crippen MR) is 77.4 cm³/mol. The topological polar surface area (TPSA) is 29.5 Å². The second-order valence-corrected chi connectivity index (χ2v) is 5.65. The molecule has 100 valence electrons. The number of hydrogen-bond donors (Lipinski definition) is 1. The number of fused-ring (bicyclic) bond motifs is 1. The molecule has 0 bridgehead atoms. The Morgan fingerprint density at radius 3 is 2.63 bits per heavy atom. The van der Waals surface area contributed by atoms with Crippen molar-refractivity contribution < 1.29 is 9.84 Å². The fraction of sp³-hybridized carbons (Fsp3) is 0.412. The van der Waals surface area contributed by atoms with Crippen LogP contribution >= 0.6 is 0 Å². The molecule has 0 radical (unpaired) electrons. The van der Waals surface area contributed by atoms with Crippen molar-refractivity contribution >= 4 is 10.8 Å². The summed E-state index contributed by atoms with van der Waals surface area (Å²) >= 11 is 0. The van der Waals surface area contributed by atoms with E-state index in [1.165, 1.54) is 10.8 Å². The zero-order chi connectivity index (χ0) is 13.2. The third-order valence-corrected chi connectivity index (χ3v) is 4.03. The molecule has 1 saturated carbocycles. The maximum atomic E-state index is 10.1. The number of hydrogen-bond acceptors (Lipinski definition) is 2. The van der Waals surface area contributed by atoms with Crippen molar-refractivity contribution in [2.24, 2.45) is 5.92 Å². The molecule has 1 aliphatic carbocycles. The zero-order valence-corrected chi connectivity index (χ0v) is 11.3. The van der Waals surface area contributed by atoms with Gasteiger partial charge in [-0.15, -0.1) is 0 Å². The standard InChI is InChI=1S/C17H20O2/c1-12-6-9-17(16(18)10-12)19-15-8-7-13-4-2-3-5-14(13)11-15/h2-5,7-8,11-12,16-18H,6,9-10H2,1H3/t12-,16+,17+/m0/s1. The Labute approximate surface area is 114 Å². The monoisotopic (exact) mass is 256 g/mol. The van der Waals surface area contributed by atoms with Gasteiger partial charge < -0.3 is 9.84 Å². The fourth-order valence-corrected chi connectivity index (χ4v) is 2.88. The fourth-order valence-electron chi connectivity index (χ4n) is 2.88. The molecule has 19 heavy (non-hydrogen) atoms. The summed E-state index contributed by atoms with van der Waals surface area (Å²) < 4.78 is 5.97. The zero-order valence-electron chi connectivity index (χ0n) is 11.3. The van der Waals surface area contributed by atoms with Crippen molar-refractivity contribution in [2.45, 2.75) is 38.4 Å². The van der Waals surface area contributed by atoms with Gasteiger partial charge in [-0.25, -0.2) is 0 Å². The van der Waals surface area contributed by atoms with Crippen LogP contribution in [0.25, 0.3) is 10.8 Å². The summed E-state index contributed by atoms with van der Waals surface area (Å²) in [6.45, 7) is 2.19. The van der Waals surface area contributed by atoms with Gasteiger partial charge in [-0.2, -0.15) is 0 Å². The molecule has 2 heteroatoms. The van der Waals surface area contributed by atoms with Gasteiger partial charge in [0.1, 0.15) is 11.9 Å². The van der Waals surface area contributed by atoms with Gasteiger partial charge in [0.2, 0.25) is 0 Å². The highest BCUT2D eigenvalue weighted by molar-refractivity contribution is 5.83. The lowest BCUT2D eigenvalue weighted by Gasteiger charge is -2.31. The van der Waals surface area contributed by atoms with Gasteiger partial charge in [-0.05, 0) is 48.1 Å². The molecule has 0 heterocycles. The molecule has 3 atom stereocenters. The molecule has 0 aliphatic heterocycles. The molecule has 1 N–H and O–H groups in total. The first-order chi connectivity index (χ1) is 9.22. The molecular formula is C17H20O2. The summed E-state index contributed by atoms with van der Waals surface area (Å²) in [6, 6.07) is 14.4. The van der Waals surface area contributed by atoms with Crippen LogP contribution in [0, 0.1) is 5.92 Å². The maximum absolute atomic E-state index is 10.1. The summed E-state index contributed by atoms with van der Waals surface area (Å²) in [5.41, 5.74) is 0. The maximum Gasteiger partial charge on any atom is 0.124 e. The molecule has 0 spiro atoms. The van der Waals surface area contributed by atoms with Crippen LogP contribution < -0.4 is 4.74 Å². The highest BCUT2D eigenvalue weighted by atomic mass is 16.5. The van der Waals surface area contributed by atoms with Crippen LogP contribution in [-0.2, 0) is 0 Å². The molecule has 1 aliphatic rings. The Bertz CT molecular complexity index is 564. The Balaban J connectivity index is 1.77. The largest absolute Gasteiger partial charge is 0.488 e. The molecule has 1 fully saturated rings. The van der Waals surface area contributed by atoms with E-state index in [9.17, 15) is 5.11 Å². The highest BCUT2D eigenvalue weighted by Crippen LogP contribution is 2.29. The number of benzene rings is 2. The normalized spacial score (nSPS) is 27.4. The van der Waals surface area contributed by atoms with E-state index in [1.54, 1.807) is 0 Å². The number of ether oxygens (including phenoxy) is 1. The van der Waals surface area contributed by atoms with Crippen LogP contribution in [0.2, 0.25) is 0 Å². The van der Waals surface area contributed by atoms with Crippen molar-refractivity contribution in [2.75, 3.05) is 0 Å². The summed E-state index contributed by atoms with van der Waals surface area (Å²) in [6.07, 6.45) is 2.52. The van der Waals surface area contributed by atoms with Crippen LogP contribution in [0.1, 0.15) is 26.2 Å². The smallest absolute Gasteiger partial charge is 0.124 e. The van der Waals surface area contributed by atoms with Crippen molar-refractivity contribution in [1.29, 1.82) is 0 Å². The van der Waals surface area contributed by atoms with Crippen LogP contribution in [0.5, 0.6) is 5.75 Å². The molecule has 0 unspecified atom stereocenters. The first-order valence-corrected chi connectivity index (χ1v) is 7.06. The SMILES string of the molecule is C[C@H]1CC[C@@H](Oc2ccc3ccccc3c2)[C@H](O)C1. The Hall–Kier alpha value is -1.54. The molecule has 3 rings (SSSR count). The van der Waals surface area contributed by atoms with E-state index in [1.807, 2.05) is 18.2 Å². The Kier molecular flexibility index (Phi) is 3.43. The van der Waals surface area contributed by atoms with Crippen LogP contribution in [0.3, 0.4) is 0 Å². The molecule has 2 aromatic rings. The third-order valence-electron chi connectivity index (χ3n) is 4.03. The lowest BCUT2D eigenvalue weighted by atomic mass is 9.86. The molecule has 2 nitrogen and oxygen atoms in total.